The van der Waals surface area contributed by atoms with Crippen molar-refractivity contribution in [3.8, 4) is 0 Å². The molecule has 0 saturated heterocycles. The van der Waals surface area contributed by atoms with E-state index in [2.05, 4.69) is 0 Å². The van der Waals surface area contributed by atoms with Crippen LogP contribution in [0, 0.1) is 5.41 Å². The van der Waals surface area contributed by atoms with Crippen LogP contribution in [0.25, 0.3) is 0 Å². The van der Waals surface area contributed by atoms with Gasteiger partial charge in [0.15, 0.2) is 0 Å². The molecule has 0 saturated carbocycles. The predicted molar refractivity (Wildman–Crippen MR) is 173 cm³/mol. The van der Waals surface area contributed by atoms with E-state index in [0.29, 0.717) is 30.6 Å². The minimum absolute atomic E-state index is 0. The number of nitrogens with one attached hydrogen (secondary N) is 1. The van der Waals surface area contributed by atoms with E-state index in [1.54, 1.807) is 12.1 Å². The number of nitrogens with two attached hydrogens (primary N) is 1. The number of aryl methyl sites for hydroxylation is 2. The molecule has 7 nitrogen and oxygen atoms in total. The van der Waals surface area contributed by atoms with Crippen LogP contribution >= 0.6 is 12.4 Å². The van der Waals surface area contributed by atoms with Gasteiger partial charge in [0.2, 0.25) is 5.91 Å². The molecule has 8 heteroatoms. The number of halogens is 1. The van der Waals surface area contributed by atoms with Crippen LogP contribution in [0.3, 0.4) is 0 Å². The third-order valence-electron chi connectivity index (χ3n) is 7.96. The monoisotopic (exact) mass is 594 g/mol. The van der Waals surface area contributed by atoms with Crippen LogP contribution in [0.15, 0.2) is 109 Å². The summed E-state index contributed by atoms with van der Waals surface area (Å²) < 4.78 is 0. The first-order valence-electron chi connectivity index (χ1n) is 14.1. The molecule has 0 spiro atoms. The van der Waals surface area contributed by atoms with Crippen LogP contribution in [0.5, 0.6) is 0 Å². The van der Waals surface area contributed by atoms with E-state index in [-0.39, 0.29) is 30.7 Å². The topological polar surface area (TPSA) is 111 Å². The van der Waals surface area contributed by atoms with Gasteiger partial charge in [-0.25, -0.2) is 4.79 Å². The summed E-state index contributed by atoms with van der Waals surface area (Å²) in [6.07, 6.45) is 4.06. The quantitative estimate of drug-likeness (QED) is 0.0920. The second-order valence-electron chi connectivity index (χ2n) is 10.6. The van der Waals surface area contributed by atoms with E-state index in [0.717, 1.165) is 40.8 Å². The summed E-state index contributed by atoms with van der Waals surface area (Å²) in [5.74, 6) is 2.06. The van der Waals surface area contributed by atoms with Gasteiger partial charge >= 0.3 is 0 Å². The standard InChI is InChI=1S/C35H34N4O3.ClH/c36-34(37)27-16-13-26(14-17-27)15-20-33(41)38-22-7-8-28-24-31(18-19-32(28)38)39(42)25-35(21-23-40,29-9-3-1-4-10-29)30-11-5-2-6-12-30;/h1-6,9-14,16-19,21,24,42H,7-8,15,20,22,25H2,(H3,36,37);1H. The number of nitrogens with zero attached hydrogens (tertiary/aromatic N) is 2. The molecule has 0 radical (unpaired) electrons. The zero-order chi connectivity index (χ0) is 29.5. The number of hydrogen-bond donors (Lipinski definition) is 3. The number of carbonyl (C=O) groups excluding carboxylic acids is 2. The first kappa shape index (κ1) is 31.3. The van der Waals surface area contributed by atoms with Gasteiger partial charge < -0.3 is 10.6 Å². The van der Waals surface area contributed by atoms with Gasteiger partial charge in [0, 0.05) is 30.3 Å². The molecule has 0 aromatic heterocycles. The zero-order valence-corrected chi connectivity index (χ0v) is 24.6. The van der Waals surface area contributed by atoms with Gasteiger partial charge in [0.1, 0.15) is 11.8 Å². The summed E-state index contributed by atoms with van der Waals surface area (Å²) in [4.78, 5) is 26.9. The second kappa shape index (κ2) is 14.0. The van der Waals surface area contributed by atoms with Crippen molar-refractivity contribution in [2.24, 2.45) is 5.73 Å². The van der Waals surface area contributed by atoms with Crippen molar-refractivity contribution in [2.45, 2.75) is 31.1 Å². The first-order valence-corrected chi connectivity index (χ1v) is 14.1. The Morgan fingerprint density at radius 1 is 0.977 bits per heavy atom. The molecule has 1 amide bonds. The van der Waals surface area contributed by atoms with E-state index >= 15 is 0 Å². The minimum Gasteiger partial charge on any atom is -0.384 e. The minimum atomic E-state index is -0.931. The van der Waals surface area contributed by atoms with Gasteiger partial charge in [0.25, 0.3) is 0 Å². The molecule has 4 N–H and O–H groups in total. The Bertz CT molecular complexity index is 1560. The van der Waals surface area contributed by atoms with Crippen molar-refractivity contribution in [1.29, 1.82) is 5.41 Å². The molecule has 1 aliphatic heterocycles. The molecule has 0 fully saturated rings. The number of nitrogen functional groups attached to an aromatic ring is 1. The van der Waals surface area contributed by atoms with Crippen molar-refractivity contribution in [2.75, 3.05) is 23.1 Å². The Morgan fingerprint density at radius 3 is 2.19 bits per heavy atom. The van der Waals surface area contributed by atoms with E-state index in [4.69, 9.17) is 11.1 Å². The van der Waals surface area contributed by atoms with Gasteiger partial charge in [-0.15, -0.1) is 12.4 Å². The van der Waals surface area contributed by atoms with Crippen LogP contribution in [0.1, 0.15) is 40.7 Å². The maximum atomic E-state index is 13.3. The number of hydrogen-bond acceptors (Lipinski definition) is 5. The van der Waals surface area contributed by atoms with E-state index in [1.165, 1.54) is 11.1 Å². The van der Waals surface area contributed by atoms with Crippen LogP contribution in [-0.4, -0.2) is 36.0 Å². The molecular formula is C35H35ClN4O3. The molecule has 1 heterocycles. The number of amides is 1. The lowest BCUT2D eigenvalue weighted by Gasteiger charge is -2.35. The fraction of sp³-hybridized carbons (Fsp3) is 0.200. The number of fused-ring (bicyclic) bond motifs is 1. The molecular weight excluding hydrogens is 560 g/mol. The maximum absolute atomic E-state index is 13.3. The predicted octanol–water partition coefficient (Wildman–Crippen LogP) is 5.87. The van der Waals surface area contributed by atoms with Crippen LogP contribution in [-0.2, 0) is 27.8 Å². The Morgan fingerprint density at radius 2 is 1.60 bits per heavy atom. The lowest BCUT2D eigenvalue weighted by atomic mass is 9.74. The third kappa shape index (κ3) is 6.87. The summed E-state index contributed by atoms with van der Waals surface area (Å²) in [5, 5.41) is 20.2. The van der Waals surface area contributed by atoms with Crippen molar-refractivity contribution in [1.82, 2.24) is 0 Å². The normalized spacial score (nSPS) is 12.3. The van der Waals surface area contributed by atoms with E-state index in [1.807, 2.05) is 102 Å². The highest BCUT2D eigenvalue weighted by molar-refractivity contribution is 5.95. The fourth-order valence-electron chi connectivity index (χ4n) is 5.70. The van der Waals surface area contributed by atoms with Gasteiger partial charge in [0.05, 0.1) is 17.6 Å². The highest BCUT2D eigenvalue weighted by Gasteiger charge is 2.35. The molecule has 4 aromatic rings. The highest BCUT2D eigenvalue weighted by Crippen LogP contribution is 2.37. The molecule has 0 bridgehead atoms. The number of carbonyl (C=O) groups is 1. The molecule has 1 aliphatic rings. The summed E-state index contributed by atoms with van der Waals surface area (Å²) in [6, 6.07) is 32.3. The van der Waals surface area contributed by atoms with Crippen molar-refractivity contribution in [3.05, 3.63) is 137 Å². The number of rotatable bonds is 10. The molecule has 4 aromatic carbocycles. The number of hydroxylamine groups is 1. The van der Waals surface area contributed by atoms with Crippen LogP contribution in [0.4, 0.5) is 11.4 Å². The summed E-state index contributed by atoms with van der Waals surface area (Å²) >= 11 is 0. The number of amidine groups is 1. The summed E-state index contributed by atoms with van der Waals surface area (Å²) in [6.45, 7) is 0.743. The van der Waals surface area contributed by atoms with E-state index < -0.39 is 5.41 Å². The number of anilines is 2. The van der Waals surface area contributed by atoms with E-state index in [9.17, 15) is 14.8 Å². The van der Waals surface area contributed by atoms with Crippen molar-refractivity contribution >= 4 is 41.5 Å². The molecule has 220 valence electrons. The maximum Gasteiger partial charge on any atom is 0.227 e. The first-order chi connectivity index (χ1) is 20.4. The Kier molecular flexibility index (Phi) is 10.2. The molecule has 0 aliphatic carbocycles. The number of benzene rings is 4. The molecule has 0 atom stereocenters. The SMILES string of the molecule is Cl.N=C(N)c1ccc(CCC(=O)N2CCCc3cc(N(O)CC(C=C=O)(c4ccccc4)c4ccccc4)ccc32)cc1. The zero-order valence-electron chi connectivity index (χ0n) is 23.8. The lowest BCUT2D eigenvalue weighted by molar-refractivity contribution is -0.118. The van der Waals surface area contributed by atoms with Gasteiger partial charge in [-0.05, 0) is 59.7 Å². The average molecular weight is 595 g/mol. The van der Waals surface area contributed by atoms with Gasteiger partial charge in [-0.2, -0.15) is 0 Å². The van der Waals surface area contributed by atoms with Crippen molar-refractivity contribution < 1.29 is 14.8 Å². The Balaban J connectivity index is 0.00000423. The molecule has 5 rings (SSSR count). The van der Waals surface area contributed by atoms with Gasteiger partial charge in [-0.1, -0.05) is 84.9 Å². The fourth-order valence-corrected chi connectivity index (χ4v) is 5.70. The van der Waals surface area contributed by atoms with Crippen LogP contribution < -0.4 is 15.7 Å². The summed E-state index contributed by atoms with van der Waals surface area (Å²) in [5.41, 5.74) is 10.5. The Labute approximate surface area is 258 Å². The largest absolute Gasteiger partial charge is 0.384 e. The second-order valence-corrected chi connectivity index (χ2v) is 10.6. The molecule has 43 heavy (non-hydrogen) atoms. The third-order valence-corrected chi connectivity index (χ3v) is 7.96. The average Bonchev–Trinajstić information content (AvgIpc) is 3.03. The summed E-state index contributed by atoms with van der Waals surface area (Å²) in [7, 11) is 0. The van der Waals surface area contributed by atoms with Gasteiger partial charge in [-0.3, -0.25) is 20.5 Å². The lowest BCUT2D eigenvalue weighted by Crippen LogP contribution is -2.40. The highest BCUT2D eigenvalue weighted by atomic mass is 35.5. The molecule has 0 unspecified atom stereocenters. The Hall–Kier alpha value is -4.68. The van der Waals surface area contributed by atoms with Crippen molar-refractivity contribution in [3.63, 3.8) is 0 Å². The smallest absolute Gasteiger partial charge is 0.227 e. The van der Waals surface area contributed by atoms with Crippen LogP contribution in [0.2, 0.25) is 0 Å².